The van der Waals surface area contributed by atoms with Crippen LogP contribution in [0, 0.1) is 3.57 Å². The molecule has 0 saturated heterocycles. The molecule has 0 bridgehead atoms. The fraction of sp³-hybridized carbons (Fsp3) is 0.261. The van der Waals surface area contributed by atoms with Gasteiger partial charge in [-0.2, -0.15) is 10.1 Å². The predicted molar refractivity (Wildman–Crippen MR) is 130 cm³/mol. The number of carbonyl (C=O) groups is 1. The molecule has 3 N–H and O–H groups in total. The van der Waals surface area contributed by atoms with Crippen LogP contribution < -0.4 is 20.1 Å². The van der Waals surface area contributed by atoms with Crippen molar-refractivity contribution < 1.29 is 19.4 Å². The molecule has 0 fully saturated rings. The van der Waals surface area contributed by atoms with Gasteiger partial charge in [-0.15, -0.1) is 0 Å². The Morgan fingerprint density at radius 1 is 1.24 bits per heavy atom. The summed E-state index contributed by atoms with van der Waals surface area (Å²) in [7, 11) is 0. The number of nitrogens with zero attached hydrogens (tertiary/aromatic N) is 3. The lowest BCUT2D eigenvalue weighted by molar-refractivity contribution is -0.113. The van der Waals surface area contributed by atoms with E-state index in [4.69, 9.17) is 9.47 Å². The quantitative estimate of drug-likeness (QED) is 0.397. The van der Waals surface area contributed by atoms with Crippen molar-refractivity contribution >= 4 is 40.1 Å². The summed E-state index contributed by atoms with van der Waals surface area (Å²) < 4.78 is 13.8. The molecule has 0 saturated carbocycles. The second-order valence-electron chi connectivity index (χ2n) is 7.76. The van der Waals surface area contributed by atoms with Gasteiger partial charge in [-0.1, -0.05) is 6.07 Å². The third-order valence-corrected chi connectivity index (χ3v) is 6.23. The van der Waals surface area contributed by atoms with E-state index >= 15 is 0 Å². The van der Waals surface area contributed by atoms with Crippen LogP contribution in [0.1, 0.15) is 30.8 Å². The van der Waals surface area contributed by atoms with Crippen molar-refractivity contribution in [2.24, 2.45) is 0 Å². The van der Waals surface area contributed by atoms with Crippen LogP contribution >= 0.6 is 22.6 Å². The molecule has 0 unspecified atom stereocenters. The summed E-state index contributed by atoms with van der Waals surface area (Å²) >= 11 is 2.23. The molecule has 2 aliphatic heterocycles. The Bertz CT molecular complexity index is 1240. The molecule has 9 nitrogen and oxygen atoms in total. The van der Waals surface area contributed by atoms with Crippen LogP contribution in [-0.2, 0) is 11.2 Å². The van der Waals surface area contributed by atoms with Gasteiger partial charge in [-0.25, -0.2) is 4.68 Å². The zero-order valence-corrected chi connectivity index (χ0v) is 20.0. The molecule has 1 atom stereocenters. The number of rotatable bonds is 6. The third-order valence-electron chi connectivity index (χ3n) is 5.51. The van der Waals surface area contributed by atoms with Crippen LogP contribution in [0.3, 0.4) is 0 Å². The Morgan fingerprint density at radius 3 is 2.82 bits per heavy atom. The highest BCUT2D eigenvalue weighted by Gasteiger charge is 2.35. The lowest BCUT2D eigenvalue weighted by Gasteiger charge is -2.28. The number of hydrogen-bond donors (Lipinski definition) is 3. The van der Waals surface area contributed by atoms with Crippen molar-refractivity contribution in [3.05, 3.63) is 68.7 Å². The van der Waals surface area contributed by atoms with Crippen molar-refractivity contribution in [3.8, 4) is 11.5 Å². The standard InChI is InChI=1S/C23H22IN5O4/c1-13-20(22(31)26-16-7-5-15(24)6-8-16)21(14-4-9-17-18(11-14)33-12-32-17)29-23(25-13)27-19(28-29)3-2-10-30/h4-9,11,21,30H,2-3,10,12H2,1H3,(H,26,31)(H,25,27,28)/t21-/m0/s1. The van der Waals surface area contributed by atoms with Crippen molar-refractivity contribution in [2.75, 3.05) is 24.0 Å². The summed E-state index contributed by atoms with van der Waals surface area (Å²) in [5.41, 5.74) is 2.75. The van der Waals surface area contributed by atoms with Gasteiger partial charge in [0.05, 0.1) is 5.57 Å². The van der Waals surface area contributed by atoms with Crippen molar-refractivity contribution in [2.45, 2.75) is 25.8 Å². The minimum Gasteiger partial charge on any atom is -0.454 e. The van der Waals surface area contributed by atoms with E-state index in [1.54, 1.807) is 4.68 Å². The topological polar surface area (TPSA) is 111 Å². The number of benzene rings is 2. The monoisotopic (exact) mass is 559 g/mol. The van der Waals surface area contributed by atoms with E-state index in [0.29, 0.717) is 53.1 Å². The molecule has 5 rings (SSSR count). The number of anilines is 2. The van der Waals surface area contributed by atoms with Gasteiger partial charge in [0, 0.05) is 28.0 Å². The summed E-state index contributed by atoms with van der Waals surface area (Å²) in [5.74, 6) is 2.21. The Labute approximate surface area is 204 Å². The first-order chi connectivity index (χ1) is 16.0. The van der Waals surface area contributed by atoms with Gasteiger partial charge < -0.3 is 25.2 Å². The smallest absolute Gasteiger partial charge is 0.255 e. The molecule has 33 heavy (non-hydrogen) atoms. The third kappa shape index (κ3) is 4.27. The molecule has 3 heterocycles. The maximum Gasteiger partial charge on any atom is 0.255 e. The van der Waals surface area contributed by atoms with E-state index < -0.39 is 6.04 Å². The highest BCUT2D eigenvalue weighted by atomic mass is 127. The zero-order chi connectivity index (χ0) is 22.9. The average molecular weight is 559 g/mol. The molecule has 0 aliphatic carbocycles. The van der Waals surface area contributed by atoms with Gasteiger partial charge in [0.2, 0.25) is 12.7 Å². The van der Waals surface area contributed by atoms with Gasteiger partial charge in [0.1, 0.15) is 6.04 Å². The second kappa shape index (κ2) is 9.02. The summed E-state index contributed by atoms with van der Waals surface area (Å²) in [5, 5.41) is 20.1. The molecule has 2 aliphatic rings. The van der Waals surface area contributed by atoms with Crippen LogP contribution in [0.5, 0.6) is 11.5 Å². The number of nitrogens with one attached hydrogen (secondary N) is 2. The molecule has 170 valence electrons. The number of aromatic nitrogens is 3. The number of halogens is 1. The fourth-order valence-electron chi connectivity index (χ4n) is 3.96. The van der Waals surface area contributed by atoms with Gasteiger partial charge >= 0.3 is 0 Å². The minimum atomic E-state index is -0.519. The van der Waals surface area contributed by atoms with Crippen LogP contribution in [-0.4, -0.2) is 39.2 Å². The number of amides is 1. The summed E-state index contributed by atoms with van der Waals surface area (Å²) in [4.78, 5) is 18.1. The first kappa shape index (κ1) is 21.7. The minimum absolute atomic E-state index is 0.0594. The number of aliphatic hydroxyl groups is 1. The van der Waals surface area contributed by atoms with E-state index in [-0.39, 0.29) is 19.3 Å². The highest BCUT2D eigenvalue weighted by Crippen LogP contribution is 2.40. The van der Waals surface area contributed by atoms with E-state index in [1.807, 2.05) is 49.4 Å². The highest BCUT2D eigenvalue weighted by molar-refractivity contribution is 14.1. The van der Waals surface area contributed by atoms with Gasteiger partial charge in [0.15, 0.2) is 17.3 Å². The Kier molecular flexibility index (Phi) is 5.94. The summed E-state index contributed by atoms with van der Waals surface area (Å²) in [6.07, 6.45) is 1.10. The molecule has 3 aromatic rings. The maximum atomic E-state index is 13.5. The molecule has 10 heteroatoms. The Hall–Kier alpha value is -3.12. The van der Waals surface area contributed by atoms with Crippen molar-refractivity contribution in [1.29, 1.82) is 0 Å². The fourth-order valence-corrected chi connectivity index (χ4v) is 4.32. The second-order valence-corrected chi connectivity index (χ2v) is 9.01. The number of aryl methyl sites for hydroxylation is 1. The largest absolute Gasteiger partial charge is 0.454 e. The molecule has 0 radical (unpaired) electrons. The van der Waals surface area contributed by atoms with Crippen molar-refractivity contribution in [3.63, 3.8) is 0 Å². The summed E-state index contributed by atoms with van der Waals surface area (Å²) in [6, 6.07) is 12.7. The zero-order valence-electron chi connectivity index (χ0n) is 17.8. The predicted octanol–water partition coefficient (Wildman–Crippen LogP) is 3.46. The molecule has 1 aromatic heterocycles. The van der Waals surface area contributed by atoms with Crippen LogP contribution in [0.25, 0.3) is 0 Å². The van der Waals surface area contributed by atoms with Gasteiger partial charge in [-0.05, 0) is 77.9 Å². The Balaban J connectivity index is 1.56. The summed E-state index contributed by atoms with van der Waals surface area (Å²) in [6.45, 7) is 2.08. The number of allylic oxidation sites excluding steroid dienone is 1. The normalized spacial score (nSPS) is 16.4. The van der Waals surface area contributed by atoms with Crippen molar-refractivity contribution in [1.82, 2.24) is 14.8 Å². The van der Waals surface area contributed by atoms with Crippen LogP contribution in [0.2, 0.25) is 0 Å². The average Bonchev–Trinajstić information content (AvgIpc) is 3.44. The maximum absolute atomic E-state index is 13.5. The number of ether oxygens (including phenoxy) is 2. The van der Waals surface area contributed by atoms with Crippen LogP contribution in [0.4, 0.5) is 11.6 Å². The first-order valence-electron chi connectivity index (χ1n) is 10.5. The molecule has 2 aromatic carbocycles. The van der Waals surface area contributed by atoms with E-state index in [1.165, 1.54) is 0 Å². The van der Waals surface area contributed by atoms with E-state index in [0.717, 1.165) is 9.13 Å². The van der Waals surface area contributed by atoms with Crippen LogP contribution in [0.15, 0.2) is 53.7 Å². The van der Waals surface area contributed by atoms with Gasteiger partial charge in [0.25, 0.3) is 5.91 Å². The van der Waals surface area contributed by atoms with E-state index in [9.17, 15) is 9.90 Å². The van der Waals surface area contributed by atoms with E-state index in [2.05, 4.69) is 43.3 Å². The number of aliphatic hydroxyl groups excluding tert-OH is 1. The SMILES string of the molecule is CC1=C(C(=O)Nc2ccc(I)cc2)[C@H](c2ccc3c(c2)OCO3)n2nc(CCCO)nc2N1. The molecule has 0 spiro atoms. The molecule has 1 amide bonds. The Morgan fingerprint density at radius 2 is 2.03 bits per heavy atom. The lowest BCUT2D eigenvalue weighted by Crippen LogP contribution is -2.31. The number of fused-ring (bicyclic) bond motifs is 2. The molecular weight excluding hydrogens is 537 g/mol. The number of carbonyl (C=O) groups excluding carboxylic acids is 1. The first-order valence-corrected chi connectivity index (χ1v) is 11.6. The van der Waals surface area contributed by atoms with Gasteiger partial charge in [-0.3, -0.25) is 4.79 Å². The number of hydrogen-bond acceptors (Lipinski definition) is 7. The molecular formula is C23H22IN5O4. The lowest BCUT2D eigenvalue weighted by atomic mass is 9.94.